The maximum Gasteiger partial charge on any atom is 0.228 e. The topological polar surface area (TPSA) is 60.9 Å². The van der Waals surface area contributed by atoms with Crippen LogP contribution >= 0.6 is 0 Å². The van der Waals surface area contributed by atoms with Crippen LogP contribution in [-0.2, 0) is 20.8 Å². The molecule has 1 aromatic carbocycles. The second kappa shape index (κ2) is 9.04. The average molecular weight is 383 g/mol. The zero-order chi connectivity index (χ0) is 20.1. The minimum Gasteiger partial charge on any atom is -0.341 e. The van der Waals surface area contributed by atoms with Crippen molar-refractivity contribution >= 4 is 17.7 Å². The largest absolute Gasteiger partial charge is 0.341 e. The maximum absolute atomic E-state index is 12.9. The van der Waals surface area contributed by atoms with E-state index < -0.39 is 0 Å². The van der Waals surface area contributed by atoms with E-state index in [-0.39, 0.29) is 30.1 Å². The molecule has 2 heterocycles. The number of carbonyl (C=O) groups excluding carboxylic acids is 3. The fraction of sp³-hybridized carbons (Fsp3) is 0.500. The van der Waals surface area contributed by atoms with E-state index in [0.29, 0.717) is 45.7 Å². The smallest absolute Gasteiger partial charge is 0.228 e. The molecular weight excluding hydrogens is 354 g/mol. The van der Waals surface area contributed by atoms with Crippen LogP contribution in [0.15, 0.2) is 36.9 Å². The number of hydrogen-bond acceptors (Lipinski definition) is 3. The van der Waals surface area contributed by atoms with E-state index in [1.807, 2.05) is 41.0 Å². The third-order valence-electron chi connectivity index (χ3n) is 5.55. The zero-order valence-corrected chi connectivity index (χ0v) is 16.6. The van der Waals surface area contributed by atoms with Gasteiger partial charge in [0, 0.05) is 45.7 Å². The van der Waals surface area contributed by atoms with E-state index in [2.05, 4.69) is 6.58 Å². The van der Waals surface area contributed by atoms with Crippen molar-refractivity contribution in [1.82, 2.24) is 14.7 Å². The molecule has 6 nitrogen and oxygen atoms in total. The lowest BCUT2D eigenvalue weighted by atomic mass is 10.1. The second-order valence-electron chi connectivity index (χ2n) is 7.71. The first-order valence-electron chi connectivity index (χ1n) is 9.98. The molecule has 3 rings (SSSR count). The molecule has 0 aliphatic carbocycles. The molecular formula is C22H29N3O3. The van der Waals surface area contributed by atoms with Crippen molar-refractivity contribution in [2.24, 2.45) is 5.92 Å². The Bertz CT molecular complexity index is 744. The molecule has 1 atom stereocenters. The number of carbonyl (C=O) groups is 3. The summed E-state index contributed by atoms with van der Waals surface area (Å²) >= 11 is 0. The Hall–Kier alpha value is -2.63. The molecule has 0 spiro atoms. The third kappa shape index (κ3) is 4.80. The van der Waals surface area contributed by atoms with E-state index in [0.717, 1.165) is 12.0 Å². The monoisotopic (exact) mass is 383 g/mol. The minimum absolute atomic E-state index is 0.0166. The van der Waals surface area contributed by atoms with E-state index in [4.69, 9.17) is 0 Å². The fourth-order valence-electron chi connectivity index (χ4n) is 3.91. The van der Waals surface area contributed by atoms with Crippen LogP contribution in [0, 0.1) is 12.8 Å². The highest BCUT2D eigenvalue weighted by Crippen LogP contribution is 2.21. The second-order valence-corrected chi connectivity index (χ2v) is 7.71. The van der Waals surface area contributed by atoms with Crippen molar-refractivity contribution in [2.45, 2.75) is 26.2 Å². The van der Waals surface area contributed by atoms with Gasteiger partial charge in [-0.3, -0.25) is 14.4 Å². The predicted octanol–water partition coefficient (Wildman–Crippen LogP) is 1.63. The van der Waals surface area contributed by atoms with Crippen molar-refractivity contribution in [3.8, 4) is 0 Å². The molecule has 0 saturated carbocycles. The van der Waals surface area contributed by atoms with Crippen molar-refractivity contribution in [3.63, 3.8) is 0 Å². The summed E-state index contributed by atoms with van der Waals surface area (Å²) in [6, 6.07) is 8.02. The van der Waals surface area contributed by atoms with Crippen molar-refractivity contribution in [3.05, 3.63) is 48.0 Å². The van der Waals surface area contributed by atoms with Crippen LogP contribution in [0.3, 0.4) is 0 Å². The van der Waals surface area contributed by atoms with Gasteiger partial charge in [-0.1, -0.05) is 35.9 Å². The number of likely N-dealkylation sites (tertiary alicyclic amines) is 1. The van der Waals surface area contributed by atoms with Gasteiger partial charge in [0.1, 0.15) is 0 Å². The minimum atomic E-state index is -0.276. The normalized spacial score (nSPS) is 20.2. The summed E-state index contributed by atoms with van der Waals surface area (Å²) in [5, 5.41) is 0. The van der Waals surface area contributed by atoms with Crippen LogP contribution in [0.4, 0.5) is 0 Å². The first-order valence-corrected chi connectivity index (χ1v) is 9.98. The molecule has 2 aliphatic heterocycles. The Morgan fingerprint density at radius 3 is 2.50 bits per heavy atom. The van der Waals surface area contributed by atoms with Crippen molar-refractivity contribution in [1.29, 1.82) is 0 Å². The number of rotatable bonds is 5. The summed E-state index contributed by atoms with van der Waals surface area (Å²) in [7, 11) is 0. The molecule has 0 aromatic heterocycles. The standard InChI is InChI=1S/C22H29N3O3/c1-3-9-25-16-19(15-21(25)27)22(28)24-11-4-10-23(12-13-24)20(26)14-18-7-5-17(2)6-8-18/h3,5-8,19H,1,4,9-16H2,2H3. The van der Waals surface area contributed by atoms with Crippen molar-refractivity contribution in [2.75, 3.05) is 39.3 Å². The first kappa shape index (κ1) is 20.1. The molecule has 150 valence electrons. The van der Waals surface area contributed by atoms with E-state index in [1.165, 1.54) is 5.56 Å². The molecule has 2 aliphatic rings. The molecule has 28 heavy (non-hydrogen) atoms. The van der Waals surface area contributed by atoms with Crippen LogP contribution in [0.2, 0.25) is 0 Å². The van der Waals surface area contributed by atoms with Gasteiger partial charge >= 0.3 is 0 Å². The Kier molecular flexibility index (Phi) is 6.49. The lowest BCUT2D eigenvalue weighted by Crippen LogP contribution is -2.41. The summed E-state index contributed by atoms with van der Waals surface area (Å²) in [6.45, 7) is 9.04. The molecule has 2 fully saturated rings. The van der Waals surface area contributed by atoms with Gasteiger partial charge in [-0.05, 0) is 18.9 Å². The SMILES string of the molecule is C=CCN1CC(C(=O)N2CCCN(C(=O)Cc3ccc(C)cc3)CC2)CC1=O. The van der Waals surface area contributed by atoms with Gasteiger partial charge in [-0.15, -0.1) is 6.58 Å². The molecule has 2 saturated heterocycles. The fourth-order valence-corrected chi connectivity index (χ4v) is 3.91. The number of aryl methyl sites for hydroxylation is 1. The van der Waals surface area contributed by atoms with Crippen LogP contribution < -0.4 is 0 Å². The number of amides is 3. The first-order chi connectivity index (χ1) is 13.5. The molecule has 0 radical (unpaired) electrons. The molecule has 6 heteroatoms. The van der Waals surface area contributed by atoms with Crippen LogP contribution in [0.25, 0.3) is 0 Å². The Labute approximate surface area is 166 Å². The Morgan fingerprint density at radius 1 is 1.11 bits per heavy atom. The van der Waals surface area contributed by atoms with Crippen LogP contribution in [0.1, 0.15) is 24.0 Å². The summed E-state index contributed by atoms with van der Waals surface area (Å²) in [5.74, 6) is -0.121. The number of nitrogens with zero attached hydrogens (tertiary/aromatic N) is 3. The average Bonchev–Trinajstić information content (AvgIpc) is 2.90. The van der Waals surface area contributed by atoms with E-state index in [9.17, 15) is 14.4 Å². The summed E-state index contributed by atoms with van der Waals surface area (Å²) in [5.41, 5.74) is 2.19. The highest BCUT2D eigenvalue weighted by atomic mass is 16.2. The Morgan fingerprint density at radius 2 is 1.79 bits per heavy atom. The van der Waals surface area contributed by atoms with E-state index >= 15 is 0 Å². The molecule has 1 unspecified atom stereocenters. The lowest BCUT2D eigenvalue weighted by molar-refractivity contribution is -0.136. The summed E-state index contributed by atoms with van der Waals surface area (Å²) in [6.07, 6.45) is 3.12. The van der Waals surface area contributed by atoms with Gasteiger partial charge in [-0.2, -0.15) is 0 Å². The van der Waals surface area contributed by atoms with Gasteiger partial charge in [0.2, 0.25) is 17.7 Å². The summed E-state index contributed by atoms with van der Waals surface area (Å²) < 4.78 is 0. The zero-order valence-electron chi connectivity index (χ0n) is 16.6. The number of hydrogen-bond donors (Lipinski definition) is 0. The van der Waals surface area contributed by atoms with Gasteiger partial charge in [0.05, 0.1) is 12.3 Å². The van der Waals surface area contributed by atoms with Gasteiger partial charge in [-0.25, -0.2) is 0 Å². The Balaban J connectivity index is 1.53. The quantitative estimate of drug-likeness (QED) is 0.726. The molecule has 0 N–H and O–H groups in total. The highest BCUT2D eigenvalue weighted by molar-refractivity contribution is 5.89. The van der Waals surface area contributed by atoms with Gasteiger partial charge in [0.15, 0.2) is 0 Å². The van der Waals surface area contributed by atoms with Gasteiger partial charge in [0.25, 0.3) is 0 Å². The summed E-state index contributed by atoms with van der Waals surface area (Å²) in [4.78, 5) is 42.9. The molecule has 1 aromatic rings. The molecule has 3 amide bonds. The third-order valence-corrected chi connectivity index (χ3v) is 5.55. The van der Waals surface area contributed by atoms with Crippen LogP contribution in [0.5, 0.6) is 0 Å². The van der Waals surface area contributed by atoms with Gasteiger partial charge < -0.3 is 14.7 Å². The highest BCUT2D eigenvalue weighted by Gasteiger charge is 2.36. The van der Waals surface area contributed by atoms with Crippen molar-refractivity contribution < 1.29 is 14.4 Å². The predicted molar refractivity (Wildman–Crippen MR) is 108 cm³/mol. The maximum atomic E-state index is 12.9. The number of benzene rings is 1. The van der Waals surface area contributed by atoms with Crippen LogP contribution in [-0.4, -0.2) is 71.7 Å². The lowest BCUT2D eigenvalue weighted by Gasteiger charge is -2.24. The van der Waals surface area contributed by atoms with E-state index in [1.54, 1.807) is 11.0 Å². The molecule has 0 bridgehead atoms.